The molecule has 0 spiro atoms. The van der Waals surface area contributed by atoms with Gasteiger partial charge in [0.05, 0.1) is 15.8 Å². The van der Waals surface area contributed by atoms with Gasteiger partial charge in [0.2, 0.25) is 0 Å². The molecule has 0 aliphatic carbocycles. The molecule has 4 aromatic rings. The molecule has 1 fully saturated rings. The average molecular weight is 459 g/mol. The quantitative estimate of drug-likeness (QED) is 0.460. The summed E-state index contributed by atoms with van der Waals surface area (Å²) in [6.07, 6.45) is -1.55. The van der Waals surface area contributed by atoms with Crippen LogP contribution < -0.4 is 10.5 Å². The van der Waals surface area contributed by atoms with Crippen LogP contribution in [0.25, 0.3) is 15.9 Å². The molecule has 1 aliphatic heterocycles. The van der Waals surface area contributed by atoms with Gasteiger partial charge >= 0.3 is 6.18 Å². The number of fused-ring (bicyclic) bond motifs is 2. The molecule has 0 radical (unpaired) electrons. The van der Waals surface area contributed by atoms with Gasteiger partial charge in [-0.1, -0.05) is 6.07 Å². The third-order valence-corrected chi connectivity index (χ3v) is 6.40. The molecule has 1 saturated heterocycles. The molecular formula is C21H16F3N5O2S. The maximum atomic E-state index is 13.3. The van der Waals surface area contributed by atoms with Crippen LogP contribution in [-0.4, -0.2) is 51.4 Å². The second kappa shape index (κ2) is 7.59. The Bertz CT molecular complexity index is 1390. The molecular weight excluding hydrogens is 443 g/mol. The van der Waals surface area contributed by atoms with Crippen molar-refractivity contribution in [1.29, 1.82) is 0 Å². The number of pyridine rings is 2. The number of rotatable bonds is 2. The molecule has 5 heterocycles. The van der Waals surface area contributed by atoms with Crippen LogP contribution in [-0.2, 0) is 6.18 Å². The molecule has 0 atom stereocenters. The first-order valence-corrected chi connectivity index (χ1v) is 10.6. The Labute approximate surface area is 183 Å². The first kappa shape index (κ1) is 20.4. The van der Waals surface area contributed by atoms with E-state index < -0.39 is 11.7 Å². The van der Waals surface area contributed by atoms with Gasteiger partial charge in [-0.25, -0.2) is 9.97 Å². The van der Waals surface area contributed by atoms with Gasteiger partial charge in [0, 0.05) is 38.6 Å². The van der Waals surface area contributed by atoms with Crippen LogP contribution >= 0.6 is 11.3 Å². The van der Waals surface area contributed by atoms with E-state index in [9.17, 15) is 22.8 Å². The summed E-state index contributed by atoms with van der Waals surface area (Å²) in [6, 6.07) is 9.03. The number of nitrogens with zero attached hydrogens (tertiary/aromatic N) is 5. The number of carbonyl (C=O) groups is 1. The highest BCUT2D eigenvalue weighted by Gasteiger charge is 2.36. The van der Waals surface area contributed by atoms with Crippen LogP contribution in [0.3, 0.4) is 0 Å². The zero-order chi connectivity index (χ0) is 22.5. The van der Waals surface area contributed by atoms with Gasteiger partial charge in [0.1, 0.15) is 16.3 Å². The Hall–Kier alpha value is -3.47. The number of piperazine rings is 1. The minimum atomic E-state index is -4.50. The predicted octanol–water partition coefficient (Wildman–Crippen LogP) is 3.29. The van der Waals surface area contributed by atoms with E-state index in [1.165, 1.54) is 21.6 Å². The third kappa shape index (κ3) is 3.48. The Morgan fingerprint density at radius 3 is 2.59 bits per heavy atom. The monoisotopic (exact) mass is 459 g/mol. The average Bonchev–Trinajstić information content (AvgIpc) is 3.23. The fraction of sp³-hybridized carbons (Fsp3) is 0.238. The Kier molecular flexibility index (Phi) is 4.85. The van der Waals surface area contributed by atoms with Crippen molar-refractivity contribution >= 4 is 38.9 Å². The van der Waals surface area contributed by atoms with Crippen molar-refractivity contribution in [1.82, 2.24) is 19.3 Å². The van der Waals surface area contributed by atoms with Crippen LogP contribution in [0.4, 0.5) is 19.0 Å². The maximum Gasteiger partial charge on any atom is 0.419 e. The van der Waals surface area contributed by atoms with Crippen molar-refractivity contribution < 1.29 is 18.0 Å². The van der Waals surface area contributed by atoms with Gasteiger partial charge in [0.25, 0.3) is 11.5 Å². The first-order chi connectivity index (χ1) is 15.3. The molecule has 0 saturated carbocycles. The molecule has 0 aromatic carbocycles. The first-order valence-electron chi connectivity index (χ1n) is 9.80. The van der Waals surface area contributed by atoms with Gasteiger partial charge in [-0.2, -0.15) is 13.2 Å². The number of anilines is 1. The molecule has 0 unspecified atom stereocenters. The summed E-state index contributed by atoms with van der Waals surface area (Å²) >= 11 is 1.14. The topological polar surface area (TPSA) is 70.8 Å². The maximum absolute atomic E-state index is 13.3. The van der Waals surface area contributed by atoms with Crippen LogP contribution in [0, 0.1) is 0 Å². The van der Waals surface area contributed by atoms with Crippen LogP contribution in [0.2, 0.25) is 0 Å². The summed E-state index contributed by atoms with van der Waals surface area (Å²) in [7, 11) is 0. The molecule has 0 bridgehead atoms. The Balaban J connectivity index is 1.37. The van der Waals surface area contributed by atoms with Crippen molar-refractivity contribution in [2.24, 2.45) is 0 Å². The summed E-state index contributed by atoms with van der Waals surface area (Å²) in [6.45, 7) is 0.938. The fourth-order valence-corrected chi connectivity index (χ4v) is 4.80. The number of carbonyl (C=O) groups excluding carboxylic acids is 1. The van der Waals surface area contributed by atoms with Gasteiger partial charge < -0.3 is 9.80 Å². The lowest BCUT2D eigenvalue weighted by Crippen LogP contribution is -2.49. The van der Waals surface area contributed by atoms with Gasteiger partial charge in [-0.15, -0.1) is 11.3 Å². The number of hydrogen-bond acceptors (Lipinski definition) is 6. The van der Waals surface area contributed by atoms with Gasteiger partial charge in [0.15, 0.2) is 0 Å². The highest BCUT2D eigenvalue weighted by atomic mass is 32.1. The summed E-state index contributed by atoms with van der Waals surface area (Å²) in [5, 5.41) is 0.365. The number of amides is 1. The third-order valence-electron chi connectivity index (χ3n) is 5.39. The molecule has 4 aromatic heterocycles. The van der Waals surface area contributed by atoms with Crippen LogP contribution in [0.5, 0.6) is 0 Å². The highest BCUT2D eigenvalue weighted by molar-refractivity contribution is 7.20. The predicted molar refractivity (Wildman–Crippen MR) is 114 cm³/mol. The largest absolute Gasteiger partial charge is 0.419 e. The van der Waals surface area contributed by atoms with Crippen molar-refractivity contribution in [3.63, 3.8) is 0 Å². The number of thiophene rings is 1. The molecule has 0 N–H and O–H groups in total. The molecule has 164 valence electrons. The van der Waals surface area contributed by atoms with E-state index in [-0.39, 0.29) is 43.5 Å². The van der Waals surface area contributed by atoms with Crippen LogP contribution in [0.15, 0.2) is 53.6 Å². The molecule has 32 heavy (non-hydrogen) atoms. The number of alkyl halides is 3. The number of hydrogen-bond donors (Lipinski definition) is 0. The number of aromatic nitrogens is 3. The standard InChI is InChI=1S/C21H16F3N5O2S/c22-21(23,24)14-4-3-6-25-17(14)27-8-10-28(11-9-27)20(31)15-12-13-18(32-15)26-16-5-1-2-7-29(16)19(13)30/h1-7,12H,8-11H2. The normalized spacial score (nSPS) is 15.0. The summed E-state index contributed by atoms with van der Waals surface area (Å²) in [5.74, 6) is -0.393. The summed E-state index contributed by atoms with van der Waals surface area (Å²) < 4.78 is 41.3. The second-order valence-electron chi connectivity index (χ2n) is 7.33. The van der Waals surface area contributed by atoms with Gasteiger partial charge in [-0.3, -0.25) is 14.0 Å². The van der Waals surface area contributed by atoms with Gasteiger partial charge in [-0.05, 0) is 30.3 Å². The minimum Gasteiger partial charge on any atom is -0.353 e. The molecule has 5 rings (SSSR count). The zero-order valence-corrected chi connectivity index (χ0v) is 17.4. The fourth-order valence-electron chi connectivity index (χ4n) is 3.80. The van der Waals surface area contributed by atoms with Crippen molar-refractivity contribution in [2.45, 2.75) is 6.18 Å². The van der Waals surface area contributed by atoms with E-state index in [2.05, 4.69) is 9.97 Å². The van der Waals surface area contributed by atoms with Crippen molar-refractivity contribution in [3.8, 4) is 0 Å². The second-order valence-corrected chi connectivity index (χ2v) is 8.36. The molecule has 1 aliphatic rings. The molecule has 7 nitrogen and oxygen atoms in total. The van der Waals surface area contributed by atoms with E-state index in [4.69, 9.17) is 0 Å². The van der Waals surface area contributed by atoms with Crippen LogP contribution in [0.1, 0.15) is 15.2 Å². The van der Waals surface area contributed by atoms with E-state index in [1.807, 2.05) is 0 Å². The Morgan fingerprint density at radius 2 is 1.84 bits per heavy atom. The molecule has 11 heteroatoms. The van der Waals surface area contributed by atoms with E-state index in [0.717, 1.165) is 17.4 Å². The minimum absolute atomic E-state index is 0.127. The van der Waals surface area contributed by atoms with E-state index in [0.29, 0.717) is 20.7 Å². The SMILES string of the molecule is O=C(c1cc2c(=O)n3ccccc3nc2s1)N1CCN(c2ncccc2C(F)(F)F)CC1. The smallest absolute Gasteiger partial charge is 0.353 e. The lowest BCUT2D eigenvalue weighted by Gasteiger charge is -2.36. The lowest BCUT2D eigenvalue weighted by molar-refractivity contribution is -0.137. The van der Waals surface area contributed by atoms with Crippen molar-refractivity contribution in [3.05, 3.63) is 69.6 Å². The van der Waals surface area contributed by atoms with E-state index in [1.54, 1.807) is 35.4 Å². The highest BCUT2D eigenvalue weighted by Crippen LogP contribution is 2.35. The molecule has 1 amide bonds. The number of halogens is 3. The lowest BCUT2D eigenvalue weighted by atomic mass is 10.2. The van der Waals surface area contributed by atoms with Crippen molar-refractivity contribution in [2.75, 3.05) is 31.1 Å². The Morgan fingerprint density at radius 1 is 1.06 bits per heavy atom. The van der Waals surface area contributed by atoms with E-state index >= 15 is 0 Å². The summed E-state index contributed by atoms with van der Waals surface area (Å²) in [5.41, 5.74) is -0.543. The summed E-state index contributed by atoms with van der Waals surface area (Å²) in [4.78, 5) is 38.1. The zero-order valence-electron chi connectivity index (χ0n) is 16.5.